The van der Waals surface area contributed by atoms with Crippen LogP contribution in [0.4, 0.5) is 10.6 Å². The maximum Gasteiger partial charge on any atom is 0.320 e. The first kappa shape index (κ1) is 17.1. The molecule has 2 aromatic rings. The van der Waals surface area contributed by atoms with Crippen molar-refractivity contribution in [2.75, 3.05) is 11.9 Å². The first-order valence-corrected chi connectivity index (χ1v) is 9.39. The molecule has 0 bridgehead atoms. The molecular formula is C20H26N4O2. The van der Waals surface area contributed by atoms with E-state index in [1.807, 2.05) is 29.8 Å². The fourth-order valence-corrected chi connectivity index (χ4v) is 3.65. The molecule has 1 saturated carbocycles. The Morgan fingerprint density at radius 1 is 1.35 bits per heavy atom. The van der Waals surface area contributed by atoms with Crippen molar-refractivity contribution in [3.63, 3.8) is 0 Å². The highest BCUT2D eigenvalue weighted by Crippen LogP contribution is 2.39. The fraction of sp³-hybridized carbons (Fsp3) is 0.500. The molecule has 1 aliphatic heterocycles. The van der Waals surface area contributed by atoms with E-state index >= 15 is 0 Å². The van der Waals surface area contributed by atoms with Gasteiger partial charge in [-0.15, -0.1) is 0 Å². The summed E-state index contributed by atoms with van der Waals surface area (Å²) in [6.07, 6.45) is 3.37. The fourth-order valence-electron chi connectivity index (χ4n) is 3.65. The third-order valence-electron chi connectivity index (χ3n) is 5.38. The zero-order valence-corrected chi connectivity index (χ0v) is 15.4. The van der Waals surface area contributed by atoms with Gasteiger partial charge in [0.15, 0.2) is 5.82 Å². The molecule has 6 heteroatoms. The Balaban J connectivity index is 1.29. The van der Waals surface area contributed by atoms with E-state index in [0.717, 1.165) is 18.0 Å². The Morgan fingerprint density at radius 2 is 2.12 bits per heavy atom. The van der Waals surface area contributed by atoms with Gasteiger partial charge in [-0.3, -0.25) is 10.00 Å². The summed E-state index contributed by atoms with van der Waals surface area (Å²) in [5, 5.41) is 10.3. The van der Waals surface area contributed by atoms with Crippen molar-refractivity contribution in [1.29, 1.82) is 0 Å². The van der Waals surface area contributed by atoms with Gasteiger partial charge in [0, 0.05) is 24.7 Å². The molecule has 1 unspecified atom stereocenters. The van der Waals surface area contributed by atoms with Gasteiger partial charge < -0.3 is 10.1 Å². The molecule has 1 aliphatic carbocycles. The summed E-state index contributed by atoms with van der Waals surface area (Å²) >= 11 is 0. The quantitative estimate of drug-likeness (QED) is 0.864. The zero-order valence-electron chi connectivity index (χ0n) is 15.4. The van der Waals surface area contributed by atoms with E-state index in [9.17, 15) is 4.79 Å². The lowest BCUT2D eigenvalue weighted by Gasteiger charge is -2.25. The number of benzene rings is 1. The molecule has 6 nitrogen and oxygen atoms in total. The number of anilines is 1. The predicted molar refractivity (Wildman–Crippen MR) is 100 cm³/mol. The Bertz CT molecular complexity index is 797. The van der Waals surface area contributed by atoms with E-state index in [1.54, 1.807) is 0 Å². The molecule has 138 valence electrons. The van der Waals surface area contributed by atoms with Gasteiger partial charge in [0.05, 0.1) is 18.8 Å². The van der Waals surface area contributed by atoms with Crippen LogP contribution in [-0.2, 0) is 17.8 Å². The largest absolute Gasteiger partial charge is 0.371 e. The molecule has 1 aromatic heterocycles. The average Bonchev–Trinajstić information content (AvgIpc) is 3.43. The van der Waals surface area contributed by atoms with Crippen LogP contribution in [0.3, 0.4) is 0 Å². The van der Waals surface area contributed by atoms with Crippen molar-refractivity contribution in [2.45, 2.75) is 51.9 Å². The molecule has 2 atom stereocenters. The van der Waals surface area contributed by atoms with E-state index in [0.29, 0.717) is 25.0 Å². The molecular weight excluding hydrogens is 328 g/mol. The van der Waals surface area contributed by atoms with E-state index in [4.69, 9.17) is 4.74 Å². The minimum absolute atomic E-state index is 0.00447. The first-order valence-electron chi connectivity index (χ1n) is 9.39. The number of nitrogens with zero attached hydrogens (tertiary/aromatic N) is 2. The monoisotopic (exact) mass is 354 g/mol. The Morgan fingerprint density at radius 3 is 2.88 bits per heavy atom. The van der Waals surface area contributed by atoms with Crippen LogP contribution in [0.15, 0.2) is 30.3 Å². The highest BCUT2D eigenvalue weighted by atomic mass is 16.5. The van der Waals surface area contributed by atoms with Gasteiger partial charge in [-0.2, -0.15) is 5.10 Å². The number of ether oxygens (including phenoxy) is 1. The number of aryl methyl sites for hydroxylation is 1. The molecule has 2 amide bonds. The number of rotatable bonds is 5. The summed E-state index contributed by atoms with van der Waals surface area (Å²) in [6, 6.07) is 10.4. The number of carbonyl (C=O) groups is 1. The second kappa shape index (κ2) is 7.11. The zero-order chi connectivity index (χ0) is 18.1. The van der Waals surface area contributed by atoms with E-state index in [-0.39, 0.29) is 12.1 Å². The maximum absolute atomic E-state index is 12.2. The van der Waals surface area contributed by atoms with Crippen LogP contribution in [0.1, 0.15) is 42.6 Å². The molecule has 26 heavy (non-hydrogen) atoms. The minimum atomic E-state index is -0.240. The summed E-state index contributed by atoms with van der Waals surface area (Å²) in [6.45, 7) is 5.31. The third-order valence-corrected chi connectivity index (χ3v) is 5.38. The average molecular weight is 354 g/mol. The van der Waals surface area contributed by atoms with Gasteiger partial charge in [0.2, 0.25) is 0 Å². The van der Waals surface area contributed by atoms with Crippen LogP contribution in [0.2, 0.25) is 0 Å². The SMILES string of the molecule is Cc1cc(NC(=O)NC[C@@H]2Cc3ccccc3CO2)nn1C(C)C1CC1. The smallest absolute Gasteiger partial charge is 0.320 e. The van der Waals surface area contributed by atoms with Gasteiger partial charge in [0.1, 0.15) is 0 Å². The lowest BCUT2D eigenvalue weighted by molar-refractivity contribution is 0.0308. The van der Waals surface area contributed by atoms with Crippen molar-refractivity contribution in [1.82, 2.24) is 15.1 Å². The van der Waals surface area contributed by atoms with Crippen LogP contribution in [0.5, 0.6) is 0 Å². The number of hydrogen-bond donors (Lipinski definition) is 2. The normalized spacial score (nSPS) is 20.3. The number of fused-ring (bicyclic) bond motifs is 1. The van der Waals surface area contributed by atoms with Gasteiger partial charge >= 0.3 is 6.03 Å². The van der Waals surface area contributed by atoms with Crippen molar-refractivity contribution in [3.05, 3.63) is 47.2 Å². The van der Waals surface area contributed by atoms with Crippen LogP contribution < -0.4 is 10.6 Å². The summed E-state index contributed by atoms with van der Waals surface area (Å²) in [7, 11) is 0. The Labute approximate surface area is 153 Å². The van der Waals surface area contributed by atoms with E-state index < -0.39 is 0 Å². The summed E-state index contributed by atoms with van der Waals surface area (Å²) in [5.41, 5.74) is 3.61. The van der Waals surface area contributed by atoms with Gasteiger partial charge in [-0.25, -0.2) is 4.79 Å². The summed E-state index contributed by atoms with van der Waals surface area (Å²) in [4.78, 5) is 12.2. The van der Waals surface area contributed by atoms with Crippen molar-refractivity contribution >= 4 is 11.8 Å². The second-order valence-electron chi connectivity index (χ2n) is 7.43. The molecule has 1 fully saturated rings. The van der Waals surface area contributed by atoms with E-state index in [2.05, 4.69) is 34.8 Å². The van der Waals surface area contributed by atoms with Crippen molar-refractivity contribution in [3.8, 4) is 0 Å². The van der Waals surface area contributed by atoms with Crippen LogP contribution in [-0.4, -0.2) is 28.5 Å². The molecule has 2 N–H and O–H groups in total. The summed E-state index contributed by atoms with van der Waals surface area (Å²) in [5.74, 6) is 1.32. The molecule has 2 aliphatic rings. The van der Waals surface area contributed by atoms with Crippen molar-refractivity contribution < 1.29 is 9.53 Å². The second-order valence-corrected chi connectivity index (χ2v) is 7.43. The highest BCUT2D eigenvalue weighted by Gasteiger charge is 2.30. The topological polar surface area (TPSA) is 68.2 Å². The number of hydrogen-bond acceptors (Lipinski definition) is 3. The maximum atomic E-state index is 12.2. The number of urea groups is 1. The van der Waals surface area contributed by atoms with Crippen LogP contribution in [0.25, 0.3) is 0 Å². The molecule has 0 spiro atoms. The van der Waals surface area contributed by atoms with E-state index in [1.165, 1.54) is 24.0 Å². The predicted octanol–water partition coefficient (Wildman–Crippen LogP) is 3.43. The highest BCUT2D eigenvalue weighted by molar-refractivity contribution is 5.88. The lowest BCUT2D eigenvalue weighted by atomic mass is 9.99. The number of aromatic nitrogens is 2. The van der Waals surface area contributed by atoms with Crippen LogP contribution >= 0.6 is 0 Å². The number of carbonyl (C=O) groups excluding carboxylic acids is 1. The van der Waals surface area contributed by atoms with Gasteiger partial charge in [0.25, 0.3) is 0 Å². The molecule has 0 radical (unpaired) electrons. The third kappa shape index (κ3) is 3.75. The molecule has 0 saturated heterocycles. The van der Waals surface area contributed by atoms with Crippen LogP contribution in [0, 0.1) is 12.8 Å². The molecule has 4 rings (SSSR count). The Kier molecular flexibility index (Phi) is 4.68. The summed E-state index contributed by atoms with van der Waals surface area (Å²) < 4.78 is 7.85. The van der Waals surface area contributed by atoms with Crippen molar-refractivity contribution in [2.24, 2.45) is 5.92 Å². The number of nitrogens with one attached hydrogen (secondary N) is 2. The molecule has 2 heterocycles. The number of amides is 2. The molecule has 1 aromatic carbocycles. The van der Waals surface area contributed by atoms with Gasteiger partial charge in [-0.05, 0) is 43.7 Å². The minimum Gasteiger partial charge on any atom is -0.371 e. The lowest BCUT2D eigenvalue weighted by Crippen LogP contribution is -2.38. The van der Waals surface area contributed by atoms with Gasteiger partial charge in [-0.1, -0.05) is 24.3 Å². The Hall–Kier alpha value is -2.34. The standard InChI is InChI=1S/C20H26N4O2/c1-13-9-19(23-24(13)14(2)15-7-8-15)22-20(25)21-11-18-10-16-5-3-4-6-17(16)12-26-18/h3-6,9,14-15,18H,7-8,10-12H2,1-2H3,(H2,21,22,23,25)/t14?,18-/m0/s1. The first-order chi connectivity index (χ1) is 12.6.